The molecular formula is C60H30N2. The highest BCUT2D eigenvalue weighted by Gasteiger charge is 2.28. The lowest BCUT2D eigenvalue weighted by atomic mass is 9.88. The molecule has 0 aliphatic carbocycles. The van der Waals surface area contributed by atoms with E-state index < -0.39 is 0 Å². The number of pyridine rings is 2. The van der Waals surface area contributed by atoms with Crippen LogP contribution in [0.5, 0.6) is 0 Å². The lowest BCUT2D eigenvalue weighted by molar-refractivity contribution is 1.33. The van der Waals surface area contributed by atoms with E-state index in [9.17, 15) is 0 Å². The molecule has 16 rings (SSSR count). The molecule has 0 N–H and O–H groups in total. The van der Waals surface area contributed by atoms with E-state index in [0.717, 1.165) is 11.4 Å². The van der Waals surface area contributed by atoms with Crippen molar-refractivity contribution in [3.05, 3.63) is 182 Å². The molecule has 280 valence electrons. The van der Waals surface area contributed by atoms with Gasteiger partial charge in [0.1, 0.15) is 0 Å². The Morgan fingerprint density at radius 3 is 0.887 bits per heavy atom. The van der Waals surface area contributed by atoms with Crippen molar-refractivity contribution in [2.45, 2.75) is 0 Å². The molecule has 62 heavy (non-hydrogen) atoms. The molecular weight excluding hydrogens is 749 g/mol. The molecule has 2 nitrogen and oxygen atoms in total. The van der Waals surface area contributed by atoms with Gasteiger partial charge in [-0.3, -0.25) is 9.97 Å². The zero-order valence-electron chi connectivity index (χ0n) is 33.2. The van der Waals surface area contributed by atoms with Crippen LogP contribution in [0.15, 0.2) is 182 Å². The molecule has 0 radical (unpaired) electrons. The van der Waals surface area contributed by atoms with Crippen LogP contribution in [0, 0.1) is 0 Å². The molecule has 0 saturated heterocycles. The van der Waals surface area contributed by atoms with Crippen molar-refractivity contribution in [1.29, 1.82) is 0 Å². The van der Waals surface area contributed by atoms with Crippen LogP contribution in [0.4, 0.5) is 0 Å². The molecule has 0 aliphatic heterocycles. The predicted octanol–water partition coefficient (Wildman–Crippen LogP) is 16.6. The van der Waals surface area contributed by atoms with Gasteiger partial charge in [-0.25, -0.2) is 0 Å². The Balaban J connectivity index is 1.15. The maximum absolute atomic E-state index is 5.16. The molecule has 2 heterocycles. The second-order valence-corrected chi connectivity index (χ2v) is 17.4. The molecule has 0 saturated carbocycles. The van der Waals surface area contributed by atoms with Gasteiger partial charge in [0.2, 0.25) is 0 Å². The van der Waals surface area contributed by atoms with Gasteiger partial charge in [0.15, 0.2) is 0 Å². The highest BCUT2D eigenvalue weighted by Crippen LogP contribution is 2.55. The van der Waals surface area contributed by atoms with E-state index in [1.807, 2.05) is 24.5 Å². The number of nitrogens with zero attached hydrogens (tertiary/aromatic N) is 2. The monoisotopic (exact) mass is 778 g/mol. The number of hydrogen-bond acceptors (Lipinski definition) is 2. The second-order valence-electron chi connectivity index (χ2n) is 17.4. The quantitative estimate of drug-likeness (QED) is 0.129. The van der Waals surface area contributed by atoms with Crippen molar-refractivity contribution in [3.63, 3.8) is 0 Å². The summed E-state index contributed by atoms with van der Waals surface area (Å²) in [4.78, 5) is 10.3. The Morgan fingerprint density at radius 1 is 0.210 bits per heavy atom. The third-order valence-electron chi connectivity index (χ3n) is 14.7. The minimum absolute atomic E-state index is 0.978. The van der Waals surface area contributed by atoms with Gasteiger partial charge >= 0.3 is 0 Å². The van der Waals surface area contributed by atoms with Gasteiger partial charge < -0.3 is 0 Å². The molecule has 2 aromatic heterocycles. The summed E-state index contributed by atoms with van der Waals surface area (Å²) in [7, 11) is 0. The maximum atomic E-state index is 5.16. The summed E-state index contributed by atoms with van der Waals surface area (Å²) in [5, 5.41) is 33.6. The lowest BCUT2D eigenvalue weighted by Crippen LogP contribution is -1.92. The van der Waals surface area contributed by atoms with Gasteiger partial charge in [0.05, 0.1) is 11.4 Å². The number of benzene rings is 12. The summed E-state index contributed by atoms with van der Waals surface area (Å²) in [6.45, 7) is 0. The molecule has 2 heteroatoms. The minimum atomic E-state index is 0.978. The SMILES string of the molecule is c1ccc(-c2c3cc4c(cc3c(-c3ccccn3)c3c5ccc6c7cccc8cccc(c9ccc(c23)c5c96)c87)c2ccc3c5cccc6cccc(c7ccc4c2c73)c65)nc1. The van der Waals surface area contributed by atoms with Gasteiger partial charge in [0.25, 0.3) is 0 Å². The van der Waals surface area contributed by atoms with Gasteiger partial charge in [0, 0.05) is 34.3 Å². The van der Waals surface area contributed by atoms with Crippen LogP contribution < -0.4 is 0 Å². The normalized spacial score (nSPS) is 12.8. The first-order valence-electron chi connectivity index (χ1n) is 21.6. The van der Waals surface area contributed by atoms with Gasteiger partial charge in [-0.1, -0.05) is 133 Å². The van der Waals surface area contributed by atoms with Crippen molar-refractivity contribution in [3.8, 4) is 22.5 Å². The predicted molar refractivity (Wildman–Crippen MR) is 265 cm³/mol. The van der Waals surface area contributed by atoms with E-state index in [-0.39, 0.29) is 0 Å². The fraction of sp³-hybridized carbons (Fsp3) is 0. The third-order valence-corrected chi connectivity index (χ3v) is 14.7. The standard InChI is InChI=1S/C60H30N2/c1-3-27-61-49(17-1)57-47-29-45-41-21-19-37-33-13-5-9-31-10-6-14-34(51(31)33)38-20-22-42(55(41)53(37)38)46(45)30-48(47)58(50-18-2-4-28-62-50)60-44-26-24-40-36-16-8-12-32-11-7-15-35(52(32)36)39-23-25-43(59(57)60)56(44)54(39)40/h1-30H. The summed E-state index contributed by atoms with van der Waals surface area (Å²) in [6, 6.07) is 63.8. The van der Waals surface area contributed by atoms with Crippen molar-refractivity contribution >= 4 is 140 Å². The topological polar surface area (TPSA) is 25.8 Å². The fourth-order valence-corrected chi connectivity index (χ4v) is 12.4. The summed E-state index contributed by atoms with van der Waals surface area (Å²) < 4.78 is 0. The molecule has 0 aliphatic rings. The van der Waals surface area contributed by atoms with Crippen molar-refractivity contribution in [2.24, 2.45) is 0 Å². The summed E-state index contributed by atoms with van der Waals surface area (Å²) >= 11 is 0. The molecule has 0 unspecified atom stereocenters. The van der Waals surface area contributed by atoms with Gasteiger partial charge in [-0.2, -0.15) is 0 Å². The van der Waals surface area contributed by atoms with E-state index in [2.05, 4.69) is 158 Å². The third kappa shape index (κ3) is 3.63. The Morgan fingerprint density at radius 2 is 0.532 bits per heavy atom. The molecule has 0 amide bonds. The highest BCUT2D eigenvalue weighted by molar-refractivity contribution is 6.47. The van der Waals surface area contributed by atoms with Crippen molar-refractivity contribution < 1.29 is 0 Å². The largest absolute Gasteiger partial charge is 0.256 e. The summed E-state index contributed by atoms with van der Waals surface area (Å²) in [5.41, 5.74) is 4.31. The Labute approximate surface area is 353 Å². The Bertz CT molecular complexity index is 4310. The van der Waals surface area contributed by atoms with Gasteiger partial charge in [-0.15, -0.1) is 0 Å². The summed E-state index contributed by atoms with van der Waals surface area (Å²) in [5.74, 6) is 0. The van der Waals surface area contributed by atoms with Crippen LogP contribution in [0.2, 0.25) is 0 Å². The highest BCUT2D eigenvalue weighted by atomic mass is 14.7. The minimum Gasteiger partial charge on any atom is -0.256 e. The molecule has 14 aromatic carbocycles. The smallest absolute Gasteiger partial charge is 0.0714 e. The maximum Gasteiger partial charge on any atom is 0.0714 e. The van der Waals surface area contributed by atoms with E-state index in [1.165, 1.54) is 151 Å². The lowest BCUT2D eigenvalue weighted by Gasteiger charge is -2.16. The number of hydrogen-bond donors (Lipinski definition) is 0. The molecule has 0 bridgehead atoms. The first-order valence-corrected chi connectivity index (χ1v) is 21.6. The first kappa shape index (κ1) is 31.7. The second kappa shape index (κ2) is 10.9. The van der Waals surface area contributed by atoms with Crippen LogP contribution >= 0.6 is 0 Å². The van der Waals surface area contributed by atoms with Crippen LogP contribution in [-0.2, 0) is 0 Å². The average Bonchev–Trinajstić information content (AvgIpc) is 3.84. The van der Waals surface area contributed by atoms with Crippen LogP contribution in [0.3, 0.4) is 0 Å². The Hall–Kier alpha value is -8.20. The van der Waals surface area contributed by atoms with Gasteiger partial charge in [-0.05, 0) is 166 Å². The number of aromatic nitrogens is 2. The van der Waals surface area contributed by atoms with Crippen LogP contribution in [0.25, 0.3) is 163 Å². The number of fused-ring (bicyclic) bond motifs is 11. The van der Waals surface area contributed by atoms with Crippen LogP contribution in [-0.4, -0.2) is 9.97 Å². The van der Waals surface area contributed by atoms with Crippen LogP contribution in [0.1, 0.15) is 0 Å². The molecule has 0 spiro atoms. The fourth-order valence-electron chi connectivity index (χ4n) is 12.4. The van der Waals surface area contributed by atoms with Crippen molar-refractivity contribution in [2.75, 3.05) is 0 Å². The van der Waals surface area contributed by atoms with E-state index in [1.54, 1.807) is 0 Å². The van der Waals surface area contributed by atoms with E-state index in [0.29, 0.717) is 0 Å². The Kier molecular flexibility index (Phi) is 5.59. The molecule has 16 aromatic rings. The van der Waals surface area contributed by atoms with E-state index >= 15 is 0 Å². The molecule has 0 atom stereocenters. The zero-order chi connectivity index (χ0) is 39.9. The average molecular weight is 779 g/mol. The van der Waals surface area contributed by atoms with Crippen molar-refractivity contribution in [1.82, 2.24) is 9.97 Å². The number of rotatable bonds is 2. The summed E-state index contributed by atoms with van der Waals surface area (Å²) in [6.07, 6.45) is 3.89. The zero-order valence-corrected chi connectivity index (χ0v) is 33.2. The first-order chi connectivity index (χ1) is 30.8. The van der Waals surface area contributed by atoms with E-state index in [4.69, 9.17) is 9.97 Å². The molecule has 0 fully saturated rings.